The minimum atomic E-state index is -0.607. The molecule has 1 aromatic carbocycles. The summed E-state index contributed by atoms with van der Waals surface area (Å²) in [6, 6.07) is 7.13. The van der Waals surface area contributed by atoms with Crippen molar-refractivity contribution in [2.45, 2.75) is 13.8 Å². The van der Waals surface area contributed by atoms with E-state index in [1.807, 2.05) is 32.0 Å². The summed E-state index contributed by atoms with van der Waals surface area (Å²) in [5.41, 5.74) is 13.6. The van der Waals surface area contributed by atoms with Gasteiger partial charge in [-0.3, -0.25) is 4.79 Å². The largest absolute Gasteiger partial charge is 0.439 e. The first kappa shape index (κ1) is 12.9. The van der Waals surface area contributed by atoms with Gasteiger partial charge in [-0.25, -0.2) is 4.98 Å². The molecule has 5 nitrogen and oxygen atoms in total. The number of amides is 1. The van der Waals surface area contributed by atoms with E-state index in [1.54, 1.807) is 0 Å². The van der Waals surface area contributed by atoms with E-state index in [0.29, 0.717) is 5.75 Å². The molecule has 0 aliphatic rings. The topological polar surface area (TPSA) is 91.2 Å². The standard InChI is InChI=1S/C14H15N3O2/c1-8-3-4-10(5-9(8)2)19-13-6-11(14(16)18)12(15)7-17-13/h3-7H,15H2,1-2H3,(H2,16,18). The second kappa shape index (κ2) is 4.97. The molecule has 0 radical (unpaired) electrons. The zero-order valence-electron chi connectivity index (χ0n) is 10.8. The number of benzene rings is 1. The minimum Gasteiger partial charge on any atom is -0.439 e. The summed E-state index contributed by atoms with van der Waals surface area (Å²) in [4.78, 5) is 15.2. The van der Waals surface area contributed by atoms with Crippen LogP contribution in [0.4, 0.5) is 5.69 Å². The van der Waals surface area contributed by atoms with Gasteiger partial charge in [-0.2, -0.15) is 0 Å². The zero-order chi connectivity index (χ0) is 14.0. The molecule has 0 bridgehead atoms. The van der Waals surface area contributed by atoms with E-state index < -0.39 is 5.91 Å². The van der Waals surface area contributed by atoms with Crippen LogP contribution in [0.3, 0.4) is 0 Å². The van der Waals surface area contributed by atoms with Gasteiger partial charge >= 0.3 is 0 Å². The predicted octanol–water partition coefficient (Wildman–Crippen LogP) is 2.17. The van der Waals surface area contributed by atoms with Crippen LogP contribution in [-0.2, 0) is 0 Å². The van der Waals surface area contributed by atoms with Crippen LogP contribution in [0.15, 0.2) is 30.5 Å². The molecule has 0 saturated heterocycles. The van der Waals surface area contributed by atoms with Gasteiger partial charge in [0, 0.05) is 6.07 Å². The van der Waals surface area contributed by atoms with Crippen molar-refractivity contribution in [2.75, 3.05) is 5.73 Å². The monoisotopic (exact) mass is 257 g/mol. The van der Waals surface area contributed by atoms with Gasteiger partial charge in [-0.1, -0.05) is 6.07 Å². The molecule has 2 aromatic rings. The van der Waals surface area contributed by atoms with E-state index in [2.05, 4.69) is 4.98 Å². The molecule has 0 aliphatic carbocycles. The summed E-state index contributed by atoms with van der Waals surface area (Å²) in [5, 5.41) is 0. The number of aryl methyl sites for hydroxylation is 2. The molecule has 98 valence electrons. The van der Waals surface area contributed by atoms with Crippen LogP contribution in [0.25, 0.3) is 0 Å². The maximum absolute atomic E-state index is 11.2. The number of ether oxygens (including phenoxy) is 1. The number of carbonyl (C=O) groups excluding carboxylic acids is 1. The van der Waals surface area contributed by atoms with Crippen molar-refractivity contribution >= 4 is 11.6 Å². The molecule has 4 N–H and O–H groups in total. The van der Waals surface area contributed by atoms with Crippen molar-refractivity contribution in [3.8, 4) is 11.6 Å². The second-order valence-corrected chi connectivity index (χ2v) is 4.32. The van der Waals surface area contributed by atoms with E-state index in [4.69, 9.17) is 16.2 Å². The Labute approximate surface area is 111 Å². The number of aromatic nitrogens is 1. The van der Waals surface area contributed by atoms with Gasteiger partial charge in [0.1, 0.15) is 5.75 Å². The molecule has 2 rings (SSSR count). The van der Waals surface area contributed by atoms with Gasteiger partial charge in [0.15, 0.2) is 0 Å². The fourth-order valence-corrected chi connectivity index (χ4v) is 1.61. The normalized spacial score (nSPS) is 10.2. The number of nitrogen functional groups attached to an aromatic ring is 1. The minimum absolute atomic E-state index is 0.203. The third-order valence-corrected chi connectivity index (χ3v) is 2.88. The highest BCUT2D eigenvalue weighted by Gasteiger charge is 2.09. The number of hydrogen-bond acceptors (Lipinski definition) is 4. The molecule has 5 heteroatoms. The molecule has 0 atom stereocenters. The van der Waals surface area contributed by atoms with Crippen LogP contribution in [0.2, 0.25) is 0 Å². The number of nitrogens with zero attached hydrogens (tertiary/aromatic N) is 1. The number of rotatable bonds is 3. The number of carbonyl (C=O) groups is 1. The Morgan fingerprint density at radius 1 is 1.21 bits per heavy atom. The highest BCUT2D eigenvalue weighted by atomic mass is 16.5. The Morgan fingerprint density at radius 3 is 2.58 bits per heavy atom. The zero-order valence-corrected chi connectivity index (χ0v) is 10.8. The first-order valence-corrected chi connectivity index (χ1v) is 5.78. The van der Waals surface area contributed by atoms with Gasteiger partial charge in [0.05, 0.1) is 17.4 Å². The molecule has 0 saturated carbocycles. The highest BCUT2D eigenvalue weighted by Crippen LogP contribution is 2.24. The van der Waals surface area contributed by atoms with Crippen LogP contribution < -0.4 is 16.2 Å². The van der Waals surface area contributed by atoms with Crippen LogP contribution in [-0.4, -0.2) is 10.9 Å². The fraction of sp³-hybridized carbons (Fsp3) is 0.143. The lowest BCUT2D eigenvalue weighted by Crippen LogP contribution is -2.13. The fourth-order valence-electron chi connectivity index (χ4n) is 1.61. The van der Waals surface area contributed by atoms with E-state index in [0.717, 1.165) is 5.56 Å². The maximum Gasteiger partial charge on any atom is 0.251 e. The van der Waals surface area contributed by atoms with Crippen LogP contribution in [0.5, 0.6) is 11.6 Å². The SMILES string of the molecule is Cc1ccc(Oc2cc(C(N)=O)c(N)cn2)cc1C. The van der Waals surface area contributed by atoms with Crippen LogP contribution >= 0.6 is 0 Å². The number of hydrogen-bond donors (Lipinski definition) is 2. The van der Waals surface area contributed by atoms with E-state index in [1.165, 1.54) is 17.8 Å². The lowest BCUT2D eigenvalue weighted by Gasteiger charge is -2.08. The van der Waals surface area contributed by atoms with Gasteiger partial charge in [0.2, 0.25) is 5.88 Å². The predicted molar refractivity (Wildman–Crippen MR) is 73.2 cm³/mol. The molecule has 0 spiro atoms. The third-order valence-electron chi connectivity index (χ3n) is 2.88. The first-order chi connectivity index (χ1) is 8.97. The highest BCUT2D eigenvalue weighted by molar-refractivity contribution is 5.98. The Hall–Kier alpha value is -2.56. The van der Waals surface area contributed by atoms with Crippen molar-refractivity contribution in [2.24, 2.45) is 5.73 Å². The molecular formula is C14H15N3O2. The lowest BCUT2D eigenvalue weighted by atomic mass is 10.1. The molecule has 0 fully saturated rings. The average molecular weight is 257 g/mol. The number of anilines is 1. The summed E-state index contributed by atoms with van der Waals surface area (Å²) in [5.74, 6) is 0.326. The Kier molecular flexibility index (Phi) is 3.37. The van der Waals surface area contributed by atoms with Crippen molar-refractivity contribution < 1.29 is 9.53 Å². The molecular weight excluding hydrogens is 242 g/mol. The Balaban J connectivity index is 2.30. The third kappa shape index (κ3) is 2.82. The smallest absolute Gasteiger partial charge is 0.251 e. The van der Waals surface area contributed by atoms with Crippen LogP contribution in [0, 0.1) is 13.8 Å². The maximum atomic E-state index is 11.2. The Morgan fingerprint density at radius 2 is 1.95 bits per heavy atom. The number of pyridine rings is 1. The summed E-state index contributed by atoms with van der Waals surface area (Å²) in [7, 11) is 0. The number of primary amides is 1. The van der Waals surface area contributed by atoms with Gasteiger partial charge in [-0.15, -0.1) is 0 Å². The van der Waals surface area contributed by atoms with Crippen LogP contribution in [0.1, 0.15) is 21.5 Å². The molecule has 19 heavy (non-hydrogen) atoms. The van der Waals surface area contributed by atoms with Gasteiger partial charge in [0.25, 0.3) is 5.91 Å². The second-order valence-electron chi connectivity index (χ2n) is 4.32. The van der Waals surface area contributed by atoms with Crippen molar-refractivity contribution in [1.82, 2.24) is 4.98 Å². The van der Waals surface area contributed by atoms with Crippen molar-refractivity contribution in [3.63, 3.8) is 0 Å². The number of nitrogens with two attached hydrogens (primary N) is 2. The van der Waals surface area contributed by atoms with Crippen molar-refractivity contribution in [3.05, 3.63) is 47.2 Å². The summed E-state index contributed by atoms with van der Waals surface area (Å²) in [6.45, 7) is 4.01. The van der Waals surface area contributed by atoms with E-state index >= 15 is 0 Å². The first-order valence-electron chi connectivity index (χ1n) is 5.78. The van der Waals surface area contributed by atoms with Gasteiger partial charge in [-0.05, 0) is 37.1 Å². The van der Waals surface area contributed by atoms with E-state index in [-0.39, 0.29) is 17.1 Å². The molecule has 0 unspecified atom stereocenters. The summed E-state index contributed by atoms with van der Waals surface area (Å²) < 4.78 is 5.59. The van der Waals surface area contributed by atoms with E-state index in [9.17, 15) is 4.79 Å². The van der Waals surface area contributed by atoms with Gasteiger partial charge < -0.3 is 16.2 Å². The summed E-state index contributed by atoms with van der Waals surface area (Å²) in [6.07, 6.45) is 1.36. The summed E-state index contributed by atoms with van der Waals surface area (Å²) >= 11 is 0. The lowest BCUT2D eigenvalue weighted by molar-refractivity contribution is 0.100. The quantitative estimate of drug-likeness (QED) is 0.881. The average Bonchev–Trinajstić information content (AvgIpc) is 2.36. The molecule has 0 aliphatic heterocycles. The molecule has 1 amide bonds. The molecule has 1 aromatic heterocycles. The Bertz CT molecular complexity index is 639. The van der Waals surface area contributed by atoms with Crippen molar-refractivity contribution in [1.29, 1.82) is 0 Å². The molecule has 1 heterocycles.